The van der Waals surface area contributed by atoms with Crippen molar-refractivity contribution >= 4 is 27.7 Å². The maximum Gasteiger partial charge on any atom is 0.261 e. The van der Waals surface area contributed by atoms with E-state index in [1.807, 2.05) is 45.0 Å². The van der Waals surface area contributed by atoms with Crippen LogP contribution in [0.3, 0.4) is 0 Å². The molecule has 2 aromatic rings. The monoisotopic (exact) mass is 476 g/mol. The van der Waals surface area contributed by atoms with Crippen molar-refractivity contribution in [2.45, 2.75) is 45.8 Å². The van der Waals surface area contributed by atoms with Crippen molar-refractivity contribution < 1.29 is 19.1 Å². The molecule has 0 bridgehead atoms. The zero-order chi connectivity index (χ0) is 22.3. The molecule has 0 radical (unpaired) electrons. The zero-order valence-corrected chi connectivity index (χ0v) is 19.7. The smallest absolute Gasteiger partial charge is 0.261 e. The summed E-state index contributed by atoms with van der Waals surface area (Å²) in [6.45, 7) is 7.58. The number of hydrogen-bond donors (Lipinski definition) is 1. The molecular weight excluding hydrogens is 448 g/mol. The number of carbonyl (C=O) groups is 2. The van der Waals surface area contributed by atoms with Crippen LogP contribution in [-0.4, -0.2) is 42.0 Å². The Labute approximate surface area is 186 Å². The second kappa shape index (κ2) is 10.5. The van der Waals surface area contributed by atoms with Crippen LogP contribution in [0.1, 0.15) is 33.3 Å². The van der Waals surface area contributed by atoms with Crippen LogP contribution in [0.2, 0.25) is 0 Å². The SMILES string of the molecule is COc1ccc(OCC(=O)N(Cc2ccc(Br)cc2)C(C)C(=O)NC(C)(C)C)cc1. The van der Waals surface area contributed by atoms with E-state index >= 15 is 0 Å². The maximum atomic E-state index is 13.0. The van der Waals surface area contributed by atoms with Crippen molar-refractivity contribution in [3.05, 3.63) is 58.6 Å². The third-order valence-electron chi connectivity index (χ3n) is 4.35. The number of amides is 2. The summed E-state index contributed by atoms with van der Waals surface area (Å²) in [5.74, 6) is 0.778. The van der Waals surface area contributed by atoms with Gasteiger partial charge in [-0.05, 0) is 69.7 Å². The first-order chi connectivity index (χ1) is 14.1. The van der Waals surface area contributed by atoms with E-state index in [0.717, 1.165) is 10.0 Å². The molecule has 0 fully saturated rings. The van der Waals surface area contributed by atoms with Crippen LogP contribution < -0.4 is 14.8 Å². The van der Waals surface area contributed by atoms with Crippen LogP contribution in [0, 0.1) is 0 Å². The van der Waals surface area contributed by atoms with Crippen molar-refractivity contribution in [2.75, 3.05) is 13.7 Å². The lowest BCUT2D eigenvalue weighted by Gasteiger charge is -2.31. The van der Waals surface area contributed by atoms with Gasteiger partial charge in [-0.1, -0.05) is 28.1 Å². The van der Waals surface area contributed by atoms with Crippen molar-refractivity contribution in [3.63, 3.8) is 0 Å². The van der Waals surface area contributed by atoms with E-state index in [1.54, 1.807) is 38.3 Å². The van der Waals surface area contributed by atoms with Crippen molar-refractivity contribution in [3.8, 4) is 11.5 Å². The molecular formula is C23H29BrN2O4. The van der Waals surface area contributed by atoms with Gasteiger partial charge in [0.15, 0.2) is 6.61 Å². The average Bonchev–Trinajstić information content (AvgIpc) is 2.70. The number of carbonyl (C=O) groups excluding carboxylic acids is 2. The first-order valence-electron chi connectivity index (χ1n) is 9.72. The Balaban J connectivity index is 2.14. The van der Waals surface area contributed by atoms with Gasteiger partial charge in [0.2, 0.25) is 5.91 Å². The summed E-state index contributed by atoms with van der Waals surface area (Å²) < 4.78 is 11.7. The van der Waals surface area contributed by atoms with E-state index in [-0.39, 0.29) is 18.4 Å². The Bertz CT molecular complexity index is 845. The van der Waals surface area contributed by atoms with Crippen LogP contribution >= 0.6 is 15.9 Å². The van der Waals surface area contributed by atoms with Crippen molar-refractivity contribution in [1.82, 2.24) is 10.2 Å². The van der Waals surface area contributed by atoms with E-state index in [0.29, 0.717) is 18.0 Å². The van der Waals surface area contributed by atoms with Crippen LogP contribution in [0.15, 0.2) is 53.0 Å². The minimum absolute atomic E-state index is 0.171. The summed E-state index contributed by atoms with van der Waals surface area (Å²) in [7, 11) is 1.59. The summed E-state index contributed by atoms with van der Waals surface area (Å²) in [6.07, 6.45) is 0. The summed E-state index contributed by atoms with van der Waals surface area (Å²) in [6, 6.07) is 14.0. The Kier molecular flexibility index (Phi) is 8.29. The molecule has 1 N–H and O–H groups in total. The fourth-order valence-corrected chi connectivity index (χ4v) is 3.01. The van der Waals surface area contributed by atoms with Gasteiger partial charge in [-0.15, -0.1) is 0 Å². The fraction of sp³-hybridized carbons (Fsp3) is 0.391. The number of methoxy groups -OCH3 is 1. The van der Waals surface area contributed by atoms with Gasteiger partial charge < -0.3 is 19.7 Å². The molecule has 0 heterocycles. The van der Waals surface area contributed by atoms with Gasteiger partial charge in [0.1, 0.15) is 17.5 Å². The predicted octanol–water partition coefficient (Wildman–Crippen LogP) is 4.17. The summed E-state index contributed by atoms with van der Waals surface area (Å²) >= 11 is 3.41. The lowest BCUT2D eigenvalue weighted by Crippen LogP contribution is -2.53. The Morgan fingerprint density at radius 1 is 1.03 bits per heavy atom. The number of benzene rings is 2. The van der Waals surface area contributed by atoms with Gasteiger partial charge in [-0.25, -0.2) is 0 Å². The molecule has 2 rings (SSSR count). The van der Waals surface area contributed by atoms with E-state index in [1.165, 1.54) is 4.90 Å². The minimum atomic E-state index is -0.653. The van der Waals surface area contributed by atoms with Gasteiger partial charge in [0, 0.05) is 16.6 Å². The second-order valence-electron chi connectivity index (χ2n) is 8.03. The number of ether oxygens (including phenoxy) is 2. The molecule has 1 atom stereocenters. The number of rotatable bonds is 8. The maximum absolute atomic E-state index is 13.0. The fourth-order valence-electron chi connectivity index (χ4n) is 2.74. The molecule has 1 unspecified atom stereocenters. The molecule has 0 aliphatic heterocycles. The van der Waals surface area contributed by atoms with Gasteiger partial charge >= 0.3 is 0 Å². The van der Waals surface area contributed by atoms with Crippen molar-refractivity contribution in [1.29, 1.82) is 0 Å². The summed E-state index contributed by atoms with van der Waals surface area (Å²) in [5, 5.41) is 2.94. The zero-order valence-electron chi connectivity index (χ0n) is 18.1. The lowest BCUT2D eigenvalue weighted by atomic mass is 10.1. The molecule has 0 aliphatic rings. The lowest BCUT2D eigenvalue weighted by molar-refractivity contribution is -0.142. The second-order valence-corrected chi connectivity index (χ2v) is 8.94. The molecule has 0 aliphatic carbocycles. The highest BCUT2D eigenvalue weighted by molar-refractivity contribution is 9.10. The van der Waals surface area contributed by atoms with E-state index in [4.69, 9.17) is 9.47 Å². The van der Waals surface area contributed by atoms with E-state index in [9.17, 15) is 9.59 Å². The number of halogens is 1. The van der Waals surface area contributed by atoms with Crippen LogP contribution in [0.25, 0.3) is 0 Å². The first-order valence-corrected chi connectivity index (χ1v) is 10.5. The van der Waals surface area contributed by atoms with Gasteiger partial charge in [0.05, 0.1) is 7.11 Å². The summed E-state index contributed by atoms with van der Waals surface area (Å²) in [4.78, 5) is 27.3. The third-order valence-corrected chi connectivity index (χ3v) is 4.88. The molecule has 0 saturated carbocycles. The highest BCUT2D eigenvalue weighted by Crippen LogP contribution is 2.18. The largest absolute Gasteiger partial charge is 0.497 e. The molecule has 0 spiro atoms. The van der Waals surface area contributed by atoms with E-state index in [2.05, 4.69) is 21.2 Å². The minimum Gasteiger partial charge on any atom is -0.497 e. The van der Waals surface area contributed by atoms with Gasteiger partial charge in [-0.2, -0.15) is 0 Å². The van der Waals surface area contributed by atoms with Gasteiger partial charge in [0.25, 0.3) is 5.91 Å². The standard InChI is InChI=1S/C23H29BrN2O4/c1-16(22(28)25-23(2,3)4)26(14-17-6-8-18(24)9-7-17)21(27)15-30-20-12-10-19(29-5)11-13-20/h6-13,16H,14-15H2,1-5H3,(H,25,28). The molecule has 162 valence electrons. The average molecular weight is 477 g/mol. The van der Waals surface area contributed by atoms with Crippen LogP contribution in [-0.2, 0) is 16.1 Å². The van der Waals surface area contributed by atoms with E-state index < -0.39 is 11.6 Å². The topological polar surface area (TPSA) is 67.9 Å². The molecule has 30 heavy (non-hydrogen) atoms. The quantitative estimate of drug-likeness (QED) is 0.620. The predicted molar refractivity (Wildman–Crippen MR) is 121 cm³/mol. The Hall–Kier alpha value is -2.54. The Morgan fingerprint density at radius 2 is 1.60 bits per heavy atom. The molecule has 6 nitrogen and oxygen atoms in total. The van der Waals surface area contributed by atoms with Gasteiger partial charge in [-0.3, -0.25) is 9.59 Å². The third kappa shape index (κ3) is 7.37. The normalized spacial score (nSPS) is 12.1. The molecule has 7 heteroatoms. The Morgan fingerprint density at radius 3 is 2.13 bits per heavy atom. The number of hydrogen-bond acceptors (Lipinski definition) is 4. The highest BCUT2D eigenvalue weighted by Gasteiger charge is 2.28. The van der Waals surface area contributed by atoms with Crippen LogP contribution in [0.5, 0.6) is 11.5 Å². The highest BCUT2D eigenvalue weighted by atomic mass is 79.9. The molecule has 0 aromatic heterocycles. The molecule has 2 amide bonds. The van der Waals surface area contributed by atoms with Crippen molar-refractivity contribution in [2.24, 2.45) is 0 Å². The number of nitrogens with zero attached hydrogens (tertiary/aromatic N) is 1. The number of nitrogens with one attached hydrogen (secondary N) is 1. The molecule has 2 aromatic carbocycles. The molecule has 0 saturated heterocycles. The first kappa shape index (κ1) is 23.7. The van der Waals surface area contributed by atoms with Crippen LogP contribution in [0.4, 0.5) is 0 Å². The summed E-state index contributed by atoms with van der Waals surface area (Å²) in [5.41, 5.74) is 0.531.